The van der Waals surface area contributed by atoms with Crippen LogP contribution in [0.5, 0.6) is 5.75 Å². The maximum atomic E-state index is 14.1. The summed E-state index contributed by atoms with van der Waals surface area (Å²) in [6, 6.07) is 18.4. The third-order valence-electron chi connectivity index (χ3n) is 9.12. The molecule has 1 heterocycles. The van der Waals surface area contributed by atoms with Gasteiger partial charge in [0, 0.05) is 22.4 Å². The molecule has 0 unspecified atom stereocenters. The van der Waals surface area contributed by atoms with Crippen LogP contribution in [0.25, 0.3) is 0 Å². The molecule has 51 heavy (non-hydrogen) atoms. The summed E-state index contributed by atoms with van der Waals surface area (Å²) in [5.74, 6) is -2.72. The third-order valence-corrected chi connectivity index (χ3v) is 11.6. The van der Waals surface area contributed by atoms with Crippen molar-refractivity contribution in [1.29, 1.82) is 0 Å². The second kappa shape index (κ2) is 16.9. The molecular formula is C38H43ClN2O9S. The van der Waals surface area contributed by atoms with Crippen LogP contribution in [-0.2, 0) is 40.6 Å². The van der Waals surface area contributed by atoms with Crippen LogP contribution in [0.1, 0.15) is 72.7 Å². The van der Waals surface area contributed by atoms with E-state index in [9.17, 15) is 23.9 Å². The van der Waals surface area contributed by atoms with Crippen LogP contribution in [0.2, 0.25) is 5.02 Å². The summed E-state index contributed by atoms with van der Waals surface area (Å²) in [7, 11) is -3.49. The monoisotopic (exact) mass is 738 g/mol. The summed E-state index contributed by atoms with van der Waals surface area (Å²) >= 11 is 6.32. The number of allylic oxidation sites excluding steroid dienone is 1. The molecule has 2 aliphatic rings. The largest absolute Gasteiger partial charge is 0.486 e. The normalized spacial score (nSPS) is 19.8. The van der Waals surface area contributed by atoms with E-state index in [0.29, 0.717) is 31.1 Å². The van der Waals surface area contributed by atoms with Crippen molar-refractivity contribution in [1.82, 2.24) is 0 Å². The maximum absolute atomic E-state index is 14.1. The van der Waals surface area contributed by atoms with E-state index in [4.69, 9.17) is 30.5 Å². The first-order chi connectivity index (χ1) is 24.4. The molecule has 11 nitrogen and oxygen atoms in total. The molecule has 0 bridgehead atoms. The van der Waals surface area contributed by atoms with Crippen molar-refractivity contribution in [2.24, 2.45) is 10.3 Å². The van der Waals surface area contributed by atoms with Crippen LogP contribution in [-0.4, -0.2) is 58.6 Å². The van der Waals surface area contributed by atoms with Gasteiger partial charge in [0.25, 0.3) is 5.91 Å². The summed E-state index contributed by atoms with van der Waals surface area (Å²) in [6.07, 6.45) is 3.90. The van der Waals surface area contributed by atoms with Crippen LogP contribution in [0, 0.1) is 16.0 Å². The van der Waals surface area contributed by atoms with E-state index in [1.807, 2.05) is 37.3 Å². The molecule has 0 N–H and O–H groups in total. The lowest BCUT2D eigenvalue weighted by atomic mass is 9.69. The molecule has 1 saturated heterocycles. The molecule has 1 aliphatic carbocycles. The lowest BCUT2D eigenvalue weighted by Crippen LogP contribution is -2.51. The van der Waals surface area contributed by atoms with Crippen LogP contribution >= 0.6 is 11.6 Å². The number of amides is 1. The number of carbonyl (C=O) groups excluding carboxylic acids is 2. The molecule has 3 aromatic carbocycles. The number of halogens is 1. The molecule has 0 spiro atoms. The number of hydrogen-bond acceptors (Lipinski definition) is 9. The predicted molar refractivity (Wildman–Crippen MR) is 195 cm³/mol. The number of nitrogens with zero attached hydrogens (tertiary/aromatic N) is 2. The Bertz CT molecular complexity index is 1870. The van der Waals surface area contributed by atoms with E-state index < -0.39 is 55.8 Å². The van der Waals surface area contributed by atoms with Gasteiger partial charge < -0.3 is 18.9 Å². The molecule has 3 aromatic rings. The van der Waals surface area contributed by atoms with Gasteiger partial charge in [0.05, 0.1) is 33.3 Å². The van der Waals surface area contributed by atoms with Crippen molar-refractivity contribution in [3.63, 3.8) is 0 Å². The molecular weight excluding hydrogens is 696 g/mol. The van der Waals surface area contributed by atoms with Crippen molar-refractivity contribution < 1.29 is 37.7 Å². The summed E-state index contributed by atoms with van der Waals surface area (Å²) in [5.41, 5.74) is 1.34. The fraction of sp³-hybridized carbons (Fsp3) is 0.421. The average molecular weight is 739 g/mol. The topological polar surface area (TPSA) is 144 Å². The minimum absolute atomic E-state index is 0.00331. The van der Waals surface area contributed by atoms with Gasteiger partial charge in [-0.15, -0.1) is 6.58 Å². The molecule has 272 valence electrons. The van der Waals surface area contributed by atoms with Gasteiger partial charge >= 0.3 is 11.7 Å². The smallest absolute Gasteiger partial charge is 0.320 e. The quantitative estimate of drug-likeness (QED) is 0.0701. The summed E-state index contributed by atoms with van der Waals surface area (Å²) in [4.78, 5) is 38.2. The first-order valence-corrected chi connectivity index (χ1v) is 19.2. The van der Waals surface area contributed by atoms with Gasteiger partial charge in [-0.2, -0.15) is 4.36 Å². The van der Waals surface area contributed by atoms with E-state index >= 15 is 0 Å². The summed E-state index contributed by atoms with van der Waals surface area (Å²) in [5, 5.41) is 12.9. The highest BCUT2D eigenvalue weighted by atomic mass is 35.5. The van der Waals surface area contributed by atoms with Gasteiger partial charge in [-0.3, -0.25) is 19.7 Å². The number of ether oxygens (including phenoxy) is 4. The highest BCUT2D eigenvalue weighted by Crippen LogP contribution is 2.44. The number of hydrogen-bond donors (Lipinski definition) is 0. The standard InChI is InChI=1S/C38H43ClN2O9S/c1-4-10-26(2)23-51(46,24-35(42)50-27(3)28-11-6-5-7-12-28)40-36(43)30-14-17-34(33(22-30)41(44)45)49-25-38(37-47-19-9-20-48-37)18-8-13-29-21-31(39)15-16-32(29)38/h4-7,11-12,14-17,21-22,26-27,37H,1,8-10,13,18-20,23-25H2,2-3H3/t26-,27-,38-,51+/m0/s1. The Morgan fingerprint density at radius 2 is 1.86 bits per heavy atom. The van der Waals surface area contributed by atoms with Gasteiger partial charge in [-0.1, -0.05) is 61.0 Å². The van der Waals surface area contributed by atoms with Crippen molar-refractivity contribution in [3.8, 4) is 5.75 Å². The molecule has 1 amide bonds. The second-order valence-electron chi connectivity index (χ2n) is 13.1. The number of aryl methyl sites for hydroxylation is 1. The molecule has 0 saturated carbocycles. The third kappa shape index (κ3) is 9.42. The predicted octanol–water partition coefficient (Wildman–Crippen LogP) is 7.79. The lowest BCUT2D eigenvalue weighted by Gasteiger charge is -2.45. The Hall–Kier alpha value is -4.10. The van der Waals surface area contributed by atoms with Crippen molar-refractivity contribution >= 4 is 38.9 Å². The number of carbonyl (C=O) groups is 2. The van der Waals surface area contributed by atoms with E-state index in [-0.39, 0.29) is 29.6 Å². The SMILES string of the molecule is C=CC[C@H](C)C[S@@](=O)(CC(=O)O[C@@H](C)c1ccccc1)=NC(=O)c1ccc(OC[C@@]2(C3OCCCO3)CCCc3cc(Cl)ccc32)c([N+](=O)[O-])c1. The molecule has 0 aromatic heterocycles. The summed E-state index contributed by atoms with van der Waals surface area (Å²) in [6.45, 7) is 8.25. The van der Waals surface area contributed by atoms with Crippen molar-refractivity contribution in [2.45, 2.75) is 63.8 Å². The average Bonchev–Trinajstić information content (AvgIpc) is 3.10. The fourth-order valence-corrected chi connectivity index (χ4v) is 9.03. The van der Waals surface area contributed by atoms with Crippen molar-refractivity contribution in [3.05, 3.63) is 117 Å². The van der Waals surface area contributed by atoms with E-state index in [1.54, 1.807) is 31.2 Å². The Morgan fingerprint density at radius 3 is 2.57 bits per heavy atom. The Labute approximate surface area is 303 Å². The van der Waals surface area contributed by atoms with Crippen LogP contribution in [0.4, 0.5) is 5.69 Å². The van der Waals surface area contributed by atoms with Crippen LogP contribution in [0.15, 0.2) is 83.7 Å². The van der Waals surface area contributed by atoms with E-state index in [1.165, 1.54) is 12.1 Å². The zero-order valence-electron chi connectivity index (χ0n) is 28.8. The molecule has 1 fully saturated rings. The first-order valence-electron chi connectivity index (χ1n) is 17.0. The van der Waals surface area contributed by atoms with E-state index in [0.717, 1.165) is 42.0 Å². The van der Waals surface area contributed by atoms with Gasteiger partial charge in [0.2, 0.25) is 0 Å². The number of rotatable bonds is 14. The number of nitro groups is 1. The number of benzene rings is 3. The van der Waals surface area contributed by atoms with Gasteiger partial charge in [0.15, 0.2) is 12.0 Å². The maximum Gasteiger partial charge on any atom is 0.320 e. The van der Waals surface area contributed by atoms with Crippen LogP contribution < -0.4 is 4.74 Å². The Morgan fingerprint density at radius 1 is 1.12 bits per heavy atom. The molecule has 0 radical (unpaired) electrons. The number of esters is 1. The minimum atomic E-state index is -3.49. The fourth-order valence-electron chi connectivity index (χ4n) is 6.71. The first kappa shape index (κ1) is 38.1. The second-order valence-corrected chi connectivity index (χ2v) is 15.9. The van der Waals surface area contributed by atoms with Crippen LogP contribution in [0.3, 0.4) is 0 Å². The van der Waals surface area contributed by atoms with Gasteiger partial charge in [-0.05, 0) is 85.9 Å². The highest BCUT2D eigenvalue weighted by Gasteiger charge is 2.47. The molecule has 13 heteroatoms. The summed E-state index contributed by atoms with van der Waals surface area (Å²) < 4.78 is 42.1. The van der Waals surface area contributed by atoms with Gasteiger partial charge in [0.1, 0.15) is 18.5 Å². The Balaban J connectivity index is 1.41. The minimum Gasteiger partial charge on any atom is -0.486 e. The van der Waals surface area contributed by atoms with Crippen molar-refractivity contribution in [2.75, 3.05) is 31.3 Å². The highest BCUT2D eigenvalue weighted by molar-refractivity contribution is 7.94. The lowest BCUT2D eigenvalue weighted by molar-refractivity contribution is -0.386. The zero-order valence-corrected chi connectivity index (χ0v) is 30.4. The van der Waals surface area contributed by atoms with E-state index in [2.05, 4.69) is 10.9 Å². The molecule has 4 atom stereocenters. The molecule has 1 aliphatic heterocycles. The zero-order chi connectivity index (χ0) is 36.6. The molecule has 5 rings (SSSR count). The Kier molecular flexibility index (Phi) is 12.7. The number of fused-ring (bicyclic) bond motifs is 1. The van der Waals surface area contributed by atoms with Gasteiger partial charge in [-0.25, -0.2) is 4.21 Å². The number of nitro benzene ring substituents is 1.